The summed E-state index contributed by atoms with van der Waals surface area (Å²) in [6, 6.07) is 33.2. The Balaban J connectivity index is 1.50. The monoisotopic (exact) mass is 454 g/mol. The van der Waals surface area contributed by atoms with Gasteiger partial charge in [0.15, 0.2) is 0 Å². The number of carbonyl (C=O) groups excluding carboxylic acids is 1. The van der Waals surface area contributed by atoms with E-state index in [0.717, 1.165) is 11.1 Å². The minimum atomic E-state index is -1.97. The first-order valence-electron chi connectivity index (χ1n) is 10.9. The lowest BCUT2D eigenvalue weighted by Crippen LogP contribution is -2.38. The summed E-state index contributed by atoms with van der Waals surface area (Å²) in [7, 11) is 1.25. The smallest absolute Gasteiger partial charge is 0.347 e. The summed E-state index contributed by atoms with van der Waals surface area (Å²) in [6.45, 7) is 0.845. The fraction of sp³-hybridized carbons (Fsp3) is 0.138. The largest absolute Gasteiger partial charge is 0.489 e. The Morgan fingerprint density at radius 1 is 0.647 bits per heavy atom. The molecule has 0 aliphatic carbocycles. The molecule has 4 aromatic rings. The lowest BCUT2D eigenvalue weighted by atomic mass is 9.86. The SMILES string of the molecule is COC(=O)C(O)(c1ccc(OCc2ccccc2)cc1)c1ccc(OCc2ccccc2)cc1. The van der Waals surface area contributed by atoms with Gasteiger partial charge in [-0.05, 0) is 46.5 Å². The van der Waals surface area contributed by atoms with Crippen LogP contribution >= 0.6 is 0 Å². The first-order valence-corrected chi connectivity index (χ1v) is 10.9. The highest BCUT2D eigenvalue weighted by molar-refractivity contribution is 5.85. The molecule has 0 saturated carbocycles. The second-order valence-corrected chi connectivity index (χ2v) is 7.80. The molecule has 5 nitrogen and oxygen atoms in total. The highest BCUT2D eigenvalue weighted by Gasteiger charge is 2.41. The van der Waals surface area contributed by atoms with Crippen molar-refractivity contribution in [3.8, 4) is 11.5 Å². The minimum absolute atomic E-state index is 0.379. The molecule has 0 radical (unpaired) electrons. The van der Waals surface area contributed by atoms with Gasteiger partial charge in [-0.15, -0.1) is 0 Å². The molecule has 0 aromatic heterocycles. The van der Waals surface area contributed by atoms with Crippen LogP contribution in [0, 0.1) is 0 Å². The van der Waals surface area contributed by atoms with Crippen molar-refractivity contribution in [3.05, 3.63) is 131 Å². The van der Waals surface area contributed by atoms with Gasteiger partial charge in [-0.1, -0.05) is 84.9 Å². The van der Waals surface area contributed by atoms with Crippen LogP contribution in [0.1, 0.15) is 22.3 Å². The number of benzene rings is 4. The Morgan fingerprint density at radius 3 is 1.38 bits per heavy atom. The van der Waals surface area contributed by atoms with Crippen molar-refractivity contribution in [2.45, 2.75) is 18.8 Å². The van der Waals surface area contributed by atoms with E-state index in [1.165, 1.54) is 7.11 Å². The van der Waals surface area contributed by atoms with Gasteiger partial charge in [0.1, 0.15) is 24.7 Å². The zero-order valence-corrected chi connectivity index (χ0v) is 18.9. The van der Waals surface area contributed by atoms with Gasteiger partial charge in [0.2, 0.25) is 5.60 Å². The highest BCUT2D eigenvalue weighted by Crippen LogP contribution is 2.33. The predicted molar refractivity (Wildman–Crippen MR) is 129 cm³/mol. The second kappa shape index (κ2) is 10.7. The number of hydrogen-bond acceptors (Lipinski definition) is 5. The standard InChI is InChI=1S/C29H26O5/c1-32-28(30)29(31,24-12-16-26(17-13-24)33-20-22-8-4-2-5-9-22)25-14-18-27(19-15-25)34-21-23-10-6-3-7-11-23/h2-19,31H,20-21H2,1H3. The average molecular weight is 455 g/mol. The summed E-state index contributed by atoms with van der Waals surface area (Å²) >= 11 is 0. The van der Waals surface area contributed by atoms with E-state index in [2.05, 4.69) is 0 Å². The molecule has 0 amide bonds. The van der Waals surface area contributed by atoms with Crippen LogP contribution < -0.4 is 9.47 Å². The molecule has 1 N–H and O–H groups in total. The van der Waals surface area contributed by atoms with Gasteiger partial charge in [-0.25, -0.2) is 4.79 Å². The van der Waals surface area contributed by atoms with Gasteiger partial charge in [0, 0.05) is 0 Å². The van der Waals surface area contributed by atoms with Crippen LogP contribution in [0.15, 0.2) is 109 Å². The third-order valence-corrected chi connectivity index (χ3v) is 5.52. The summed E-state index contributed by atoms with van der Waals surface area (Å²) in [5, 5.41) is 11.5. The molecule has 0 unspecified atom stereocenters. The topological polar surface area (TPSA) is 65.0 Å². The van der Waals surface area contributed by atoms with Gasteiger partial charge in [-0.2, -0.15) is 0 Å². The third kappa shape index (κ3) is 5.27. The van der Waals surface area contributed by atoms with Gasteiger partial charge in [-0.3, -0.25) is 0 Å². The molecule has 0 spiro atoms. The Bertz CT molecular complexity index is 1100. The van der Waals surface area contributed by atoms with Crippen molar-refractivity contribution in [3.63, 3.8) is 0 Å². The Hall–Kier alpha value is -4.09. The third-order valence-electron chi connectivity index (χ3n) is 5.52. The van der Waals surface area contributed by atoms with Gasteiger partial charge in [0.25, 0.3) is 0 Å². The number of carbonyl (C=O) groups is 1. The predicted octanol–water partition coefficient (Wildman–Crippen LogP) is 5.25. The summed E-state index contributed by atoms with van der Waals surface area (Å²) in [5.41, 5.74) is 0.887. The Labute approximate surface area is 199 Å². The lowest BCUT2D eigenvalue weighted by Gasteiger charge is -2.26. The second-order valence-electron chi connectivity index (χ2n) is 7.80. The van der Waals surface area contributed by atoms with Gasteiger partial charge < -0.3 is 19.3 Å². The van der Waals surface area contributed by atoms with Crippen molar-refractivity contribution in [2.24, 2.45) is 0 Å². The van der Waals surface area contributed by atoms with Crippen LogP contribution in [0.2, 0.25) is 0 Å². The molecule has 0 saturated heterocycles. The van der Waals surface area contributed by atoms with Gasteiger partial charge >= 0.3 is 5.97 Å². The van der Waals surface area contributed by atoms with Crippen LogP contribution in [0.5, 0.6) is 11.5 Å². The van der Waals surface area contributed by atoms with Crippen molar-refractivity contribution < 1.29 is 24.1 Å². The molecular weight excluding hydrogens is 428 g/mol. The van der Waals surface area contributed by atoms with Crippen LogP contribution in [0.4, 0.5) is 0 Å². The first-order chi connectivity index (χ1) is 16.6. The van der Waals surface area contributed by atoms with Gasteiger partial charge in [0.05, 0.1) is 7.11 Å². The number of aliphatic hydroxyl groups is 1. The molecule has 0 heterocycles. The van der Waals surface area contributed by atoms with E-state index < -0.39 is 11.6 Å². The van der Waals surface area contributed by atoms with Crippen LogP contribution in [0.25, 0.3) is 0 Å². The highest BCUT2D eigenvalue weighted by atomic mass is 16.5. The van der Waals surface area contributed by atoms with Crippen LogP contribution in [-0.2, 0) is 28.3 Å². The van der Waals surface area contributed by atoms with E-state index in [1.807, 2.05) is 60.7 Å². The maximum atomic E-state index is 12.7. The van der Waals surface area contributed by atoms with E-state index in [0.29, 0.717) is 35.8 Å². The van der Waals surface area contributed by atoms with E-state index in [-0.39, 0.29) is 0 Å². The van der Waals surface area contributed by atoms with E-state index in [9.17, 15) is 9.90 Å². The molecule has 0 aliphatic rings. The molecule has 5 heteroatoms. The number of hydrogen-bond donors (Lipinski definition) is 1. The van der Waals surface area contributed by atoms with E-state index in [1.54, 1.807) is 48.5 Å². The Kier molecular flexibility index (Phi) is 7.25. The fourth-order valence-corrected chi connectivity index (χ4v) is 3.62. The molecule has 4 aromatic carbocycles. The summed E-state index contributed by atoms with van der Waals surface area (Å²) in [4.78, 5) is 12.7. The molecule has 0 fully saturated rings. The number of methoxy groups -OCH3 is 1. The molecule has 34 heavy (non-hydrogen) atoms. The average Bonchev–Trinajstić information content (AvgIpc) is 2.91. The summed E-state index contributed by atoms with van der Waals surface area (Å²) in [5.74, 6) is 0.484. The molecule has 0 bridgehead atoms. The zero-order valence-electron chi connectivity index (χ0n) is 18.9. The van der Waals surface area contributed by atoms with Crippen LogP contribution in [0.3, 0.4) is 0 Å². The molecular formula is C29H26O5. The van der Waals surface area contributed by atoms with E-state index in [4.69, 9.17) is 14.2 Å². The number of rotatable bonds is 9. The summed E-state index contributed by atoms with van der Waals surface area (Å²) < 4.78 is 16.6. The fourth-order valence-electron chi connectivity index (χ4n) is 3.62. The van der Waals surface area contributed by atoms with Crippen molar-refractivity contribution >= 4 is 5.97 Å². The van der Waals surface area contributed by atoms with Crippen molar-refractivity contribution in [1.29, 1.82) is 0 Å². The summed E-state index contributed by atoms with van der Waals surface area (Å²) in [6.07, 6.45) is 0. The maximum absolute atomic E-state index is 12.7. The Morgan fingerprint density at radius 2 is 1.03 bits per heavy atom. The molecule has 172 valence electrons. The maximum Gasteiger partial charge on any atom is 0.347 e. The lowest BCUT2D eigenvalue weighted by molar-refractivity contribution is -0.158. The normalized spacial score (nSPS) is 11.0. The minimum Gasteiger partial charge on any atom is -0.489 e. The first kappa shape index (κ1) is 23.1. The molecule has 4 rings (SSSR count). The molecule has 0 aliphatic heterocycles. The van der Waals surface area contributed by atoms with E-state index >= 15 is 0 Å². The number of esters is 1. The van der Waals surface area contributed by atoms with Crippen molar-refractivity contribution in [1.82, 2.24) is 0 Å². The molecule has 0 atom stereocenters. The number of ether oxygens (including phenoxy) is 3. The zero-order chi connectivity index (χ0) is 23.8. The quantitative estimate of drug-likeness (QED) is 0.350. The van der Waals surface area contributed by atoms with Crippen molar-refractivity contribution in [2.75, 3.05) is 7.11 Å². The van der Waals surface area contributed by atoms with Crippen LogP contribution in [-0.4, -0.2) is 18.2 Å².